The van der Waals surface area contributed by atoms with Gasteiger partial charge in [0.25, 0.3) is 0 Å². The van der Waals surface area contributed by atoms with Gasteiger partial charge in [0.05, 0.1) is 5.75 Å². The first-order valence-corrected chi connectivity index (χ1v) is 12.6. The summed E-state index contributed by atoms with van der Waals surface area (Å²) in [6.45, 7) is 3.82. The lowest BCUT2D eigenvalue weighted by Gasteiger charge is -2.09. The Labute approximate surface area is 230 Å². The Bertz CT molecular complexity index is 1570. The minimum absolute atomic E-state index is 0.246. The molecule has 2 heterocycles. The van der Waals surface area contributed by atoms with E-state index in [9.17, 15) is 10.2 Å². The molecule has 2 radical (unpaired) electrons. The third-order valence-electron chi connectivity index (χ3n) is 5.78. The van der Waals surface area contributed by atoms with Crippen molar-refractivity contribution in [2.45, 2.75) is 13.8 Å². The Morgan fingerprint density at radius 1 is 0.553 bits per heavy atom. The van der Waals surface area contributed by atoms with Gasteiger partial charge in [-0.1, -0.05) is 84.9 Å². The monoisotopic (exact) mass is 514 g/mol. The molecule has 0 aliphatic carbocycles. The van der Waals surface area contributed by atoms with Gasteiger partial charge in [-0.15, -0.1) is 0 Å². The predicted octanol–water partition coefficient (Wildman–Crippen LogP) is 7.31. The first-order chi connectivity index (χ1) is 18.5. The van der Waals surface area contributed by atoms with Crippen molar-refractivity contribution in [3.8, 4) is 28.4 Å². The van der Waals surface area contributed by atoms with Crippen molar-refractivity contribution in [1.82, 2.24) is 9.97 Å². The van der Waals surface area contributed by atoms with Crippen LogP contribution in [0.2, 0.25) is 0 Å². The quantitative estimate of drug-likeness (QED) is 0.237. The molecule has 186 valence electrons. The second-order valence-electron chi connectivity index (χ2n) is 8.58. The van der Waals surface area contributed by atoms with E-state index < -0.39 is 0 Å². The van der Waals surface area contributed by atoms with Gasteiger partial charge in [0.15, 0.2) is 0 Å². The molecule has 0 saturated carbocycles. The summed E-state index contributed by atoms with van der Waals surface area (Å²) in [7, 11) is 0. The average Bonchev–Trinajstić information content (AvgIpc) is 2.95. The lowest BCUT2D eigenvalue weighted by Crippen LogP contribution is -1.88. The summed E-state index contributed by atoms with van der Waals surface area (Å²) in [5.74, 6) is 1.37. The van der Waals surface area contributed by atoms with Crippen LogP contribution in [-0.4, -0.2) is 36.8 Å². The van der Waals surface area contributed by atoms with Crippen LogP contribution in [0.1, 0.15) is 11.4 Å². The molecule has 5 nitrogen and oxygen atoms in total. The highest BCUT2D eigenvalue weighted by molar-refractivity contribution is 6.00. The second kappa shape index (κ2) is 12.7. The molecule has 0 bridgehead atoms. The molecule has 6 rings (SSSR count). The van der Waals surface area contributed by atoms with Crippen molar-refractivity contribution < 1.29 is 14.0 Å². The highest BCUT2D eigenvalue weighted by Crippen LogP contribution is 2.28. The zero-order chi connectivity index (χ0) is 26.9. The molecular formula is C32H27AlN2O3. The molecular weight excluding hydrogens is 487 g/mol. The van der Waals surface area contributed by atoms with E-state index in [4.69, 9.17) is 3.79 Å². The highest BCUT2D eigenvalue weighted by Gasteiger charge is 2.02. The SMILES string of the molecule is Cc1ccc2cccc(O)c2n1.Cc1ccc2cccc(O)c2n1.[Al][O]c1ccccc1-c1ccccc1. The number of pyridine rings is 2. The van der Waals surface area contributed by atoms with Crippen LogP contribution in [0.4, 0.5) is 0 Å². The minimum Gasteiger partial charge on any atom is -0.653 e. The molecule has 0 aliphatic rings. The zero-order valence-corrected chi connectivity index (χ0v) is 22.4. The summed E-state index contributed by atoms with van der Waals surface area (Å²) >= 11 is 2.28. The smallest absolute Gasteiger partial charge is 0.482 e. The maximum absolute atomic E-state index is 9.43. The first kappa shape index (κ1) is 26.7. The minimum atomic E-state index is 0.246. The van der Waals surface area contributed by atoms with Crippen molar-refractivity contribution in [2.24, 2.45) is 0 Å². The summed E-state index contributed by atoms with van der Waals surface area (Å²) in [6.07, 6.45) is 0. The van der Waals surface area contributed by atoms with Crippen LogP contribution in [0.5, 0.6) is 17.2 Å². The molecule has 0 spiro atoms. The third kappa shape index (κ3) is 6.69. The van der Waals surface area contributed by atoms with Crippen LogP contribution in [-0.2, 0) is 0 Å². The van der Waals surface area contributed by atoms with E-state index in [-0.39, 0.29) is 11.5 Å². The summed E-state index contributed by atoms with van der Waals surface area (Å²) in [5.41, 5.74) is 5.48. The van der Waals surface area contributed by atoms with Crippen LogP contribution in [0, 0.1) is 13.8 Å². The van der Waals surface area contributed by atoms with Gasteiger partial charge in [0, 0.05) is 27.7 Å². The van der Waals surface area contributed by atoms with Gasteiger partial charge in [-0.05, 0) is 49.7 Å². The number of benzene rings is 4. The van der Waals surface area contributed by atoms with Crippen LogP contribution < -0.4 is 3.79 Å². The summed E-state index contributed by atoms with van der Waals surface area (Å²) < 4.78 is 5.22. The average molecular weight is 515 g/mol. The molecule has 6 aromatic rings. The zero-order valence-electron chi connectivity index (χ0n) is 21.2. The van der Waals surface area contributed by atoms with Crippen LogP contribution in [0.15, 0.2) is 115 Å². The molecule has 6 heteroatoms. The fourth-order valence-corrected chi connectivity index (χ4v) is 4.09. The van der Waals surface area contributed by atoms with Gasteiger partial charge < -0.3 is 14.0 Å². The number of hydrogen-bond acceptors (Lipinski definition) is 5. The van der Waals surface area contributed by atoms with Gasteiger partial charge in [0.1, 0.15) is 22.5 Å². The summed E-state index contributed by atoms with van der Waals surface area (Å²) in [4.78, 5) is 8.45. The van der Waals surface area contributed by atoms with Crippen LogP contribution in [0.3, 0.4) is 0 Å². The summed E-state index contributed by atoms with van der Waals surface area (Å²) in [6, 6.07) is 36.7. The number of nitrogens with zero attached hydrogens (tertiary/aromatic N) is 2. The van der Waals surface area contributed by atoms with Gasteiger partial charge in [0.2, 0.25) is 0 Å². The van der Waals surface area contributed by atoms with Crippen LogP contribution in [0.25, 0.3) is 32.9 Å². The summed E-state index contributed by atoms with van der Waals surface area (Å²) in [5, 5.41) is 20.8. The molecule has 38 heavy (non-hydrogen) atoms. The standard InChI is InChI=1S/C12H10O.2C10H9NO.Al/c13-12-9-5-4-8-11(12)10-6-2-1-3-7-10;2*1-7-5-6-8-3-2-4-9(12)10(8)11-7;/h1-9,13H;2*2-6,12H,1H3;/q;;;+1/p-1. The molecule has 0 fully saturated rings. The molecule has 0 aliphatic heterocycles. The molecule has 0 saturated heterocycles. The van der Waals surface area contributed by atoms with Gasteiger partial charge in [-0.2, -0.15) is 0 Å². The number of phenolic OH excluding ortho intramolecular Hbond substituents is 2. The van der Waals surface area contributed by atoms with E-state index >= 15 is 0 Å². The van der Waals surface area contributed by atoms with E-state index in [1.807, 2.05) is 98.8 Å². The van der Waals surface area contributed by atoms with Gasteiger partial charge in [-0.25, -0.2) is 9.97 Å². The number of fused-ring (bicyclic) bond motifs is 2. The number of rotatable bonds is 2. The van der Waals surface area contributed by atoms with Crippen molar-refractivity contribution in [3.63, 3.8) is 0 Å². The number of aromatic nitrogens is 2. The van der Waals surface area contributed by atoms with Gasteiger partial charge in [-0.3, -0.25) is 0 Å². The lowest BCUT2D eigenvalue weighted by atomic mass is 10.1. The number of aryl methyl sites for hydroxylation is 2. The first-order valence-electron chi connectivity index (χ1n) is 12.1. The van der Waals surface area contributed by atoms with E-state index in [1.54, 1.807) is 12.1 Å². The van der Waals surface area contributed by atoms with Crippen molar-refractivity contribution in [3.05, 3.63) is 127 Å². The number of phenols is 2. The largest absolute Gasteiger partial charge is 0.653 e. The van der Waals surface area contributed by atoms with Crippen molar-refractivity contribution in [2.75, 3.05) is 0 Å². The predicted molar refractivity (Wildman–Crippen MR) is 155 cm³/mol. The molecule has 0 amide bonds. The van der Waals surface area contributed by atoms with Crippen molar-refractivity contribution >= 4 is 38.4 Å². The molecule has 2 aromatic heterocycles. The topological polar surface area (TPSA) is 75.5 Å². The highest BCUT2D eigenvalue weighted by atomic mass is 27.1. The Balaban J connectivity index is 0.000000133. The molecule has 2 N–H and O–H groups in total. The second-order valence-corrected chi connectivity index (χ2v) is 8.82. The van der Waals surface area contributed by atoms with E-state index in [0.29, 0.717) is 11.0 Å². The number of hydrogen-bond donors (Lipinski definition) is 2. The maximum Gasteiger partial charge on any atom is 0.482 e. The maximum atomic E-state index is 9.43. The Morgan fingerprint density at radius 3 is 1.58 bits per heavy atom. The van der Waals surface area contributed by atoms with Crippen LogP contribution >= 0.6 is 0 Å². The van der Waals surface area contributed by atoms with Crippen molar-refractivity contribution in [1.29, 1.82) is 0 Å². The molecule has 4 aromatic carbocycles. The lowest BCUT2D eigenvalue weighted by molar-refractivity contribution is 0.480. The van der Waals surface area contributed by atoms with E-state index in [0.717, 1.165) is 33.5 Å². The number of aromatic hydroxyl groups is 2. The Hall–Kier alpha value is -4.37. The third-order valence-corrected chi connectivity index (χ3v) is 6.03. The Morgan fingerprint density at radius 2 is 1.05 bits per heavy atom. The van der Waals surface area contributed by atoms with Gasteiger partial charge >= 0.3 is 16.6 Å². The number of para-hydroxylation sites is 3. The fourth-order valence-electron chi connectivity index (χ4n) is 3.88. The normalized spacial score (nSPS) is 10.2. The molecule has 0 unspecified atom stereocenters. The fraction of sp³-hybridized carbons (Fsp3) is 0.0625. The van der Waals surface area contributed by atoms with E-state index in [2.05, 4.69) is 44.8 Å². The van der Waals surface area contributed by atoms with E-state index in [1.165, 1.54) is 5.56 Å². The Kier molecular flexibility index (Phi) is 8.95. The molecule has 0 atom stereocenters.